The minimum atomic E-state index is 0.545. The fraction of sp³-hybridized carbons (Fsp3) is 0.625. The van der Waals surface area contributed by atoms with Gasteiger partial charge in [0.15, 0.2) is 0 Å². The van der Waals surface area contributed by atoms with Gasteiger partial charge < -0.3 is 10.2 Å². The summed E-state index contributed by atoms with van der Waals surface area (Å²) in [6.45, 7) is 8.70. The predicted octanol–water partition coefficient (Wildman–Crippen LogP) is 3.82. The van der Waals surface area contributed by atoms with E-state index in [1.54, 1.807) is 0 Å². The number of nitrogens with one attached hydrogen (secondary N) is 1. The van der Waals surface area contributed by atoms with Gasteiger partial charge in [-0.15, -0.1) is 0 Å². The van der Waals surface area contributed by atoms with Gasteiger partial charge in [-0.05, 0) is 50.6 Å². The maximum absolute atomic E-state index is 3.69. The van der Waals surface area contributed by atoms with Crippen molar-refractivity contribution in [3.8, 4) is 0 Å². The molecular weight excluding hydrogens is 300 g/mol. The highest BCUT2D eigenvalue weighted by molar-refractivity contribution is 9.10. The summed E-state index contributed by atoms with van der Waals surface area (Å²) in [5, 5.41) is 3.69. The zero-order chi connectivity index (χ0) is 14.4. The Balaban J connectivity index is 2.59. The number of hydrogen-bond acceptors (Lipinski definition) is 2. The Labute approximate surface area is 126 Å². The average molecular weight is 327 g/mol. The Morgan fingerprint density at radius 2 is 1.95 bits per heavy atom. The lowest BCUT2D eigenvalue weighted by Gasteiger charge is -2.24. The molecule has 0 saturated carbocycles. The molecule has 0 bridgehead atoms. The number of benzene rings is 1. The summed E-state index contributed by atoms with van der Waals surface area (Å²) in [7, 11) is 4.27. The first-order chi connectivity index (χ1) is 8.88. The van der Waals surface area contributed by atoms with Crippen molar-refractivity contribution in [1.29, 1.82) is 0 Å². The van der Waals surface area contributed by atoms with Gasteiger partial charge in [-0.1, -0.05) is 41.9 Å². The molecular formula is C16H27BrN2. The lowest BCUT2D eigenvalue weighted by Crippen LogP contribution is -2.38. The van der Waals surface area contributed by atoms with E-state index in [9.17, 15) is 0 Å². The summed E-state index contributed by atoms with van der Waals surface area (Å²) in [5.74, 6) is 0.721. The minimum Gasteiger partial charge on any atom is -0.309 e. The first-order valence-corrected chi connectivity index (χ1v) is 7.81. The van der Waals surface area contributed by atoms with Gasteiger partial charge in [0.05, 0.1) is 0 Å². The maximum Gasteiger partial charge on any atom is 0.0222 e. The Morgan fingerprint density at radius 1 is 1.26 bits per heavy atom. The molecule has 108 valence electrons. The van der Waals surface area contributed by atoms with Gasteiger partial charge in [-0.25, -0.2) is 0 Å². The van der Waals surface area contributed by atoms with Crippen molar-refractivity contribution in [3.63, 3.8) is 0 Å². The predicted molar refractivity (Wildman–Crippen MR) is 87.5 cm³/mol. The highest BCUT2D eigenvalue weighted by Crippen LogP contribution is 2.18. The van der Waals surface area contributed by atoms with E-state index < -0.39 is 0 Å². The maximum atomic E-state index is 3.69. The van der Waals surface area contributed by atoms with Crippen LogP contribution in [0.3, 0.4) is 0 Å². The molecule has 0 aliphatic carbocycles. The van der Waals surface area contributed by atoms with E-state index in [2.05, 4.69) is 79.2 Å². The molecule has 0 heterocycles. The van der Waals surface area contributed by atoms with Gasteiger partial charge in [-0.2, -0.15) is 0 Å². The molecule has 0 saturated heterocycles. The molecule has 0 spiro atoms. The minimum absolute atomic E-state index is 0.545. The zero-order valence-electron chi connectivity index (χ0n) is 12.8. The van der Waals surface area contributed by atoms with Crippen LogP contribution in [0, 0.1) is 12.8 Å². The molecule has 3 heteroatoms. The van der Waals surface area contributed by atoms with Crippen molar-refractivity contribution < 1.29 is 0 Å². The van der Waals surface area contributed by atoms with E-state index in [-0.39, 0.29) is 0 Å². The molecule has 0 aliphatic heterocycles. The number of likely N-dealkylation sites (N-methyl/N-ethyl adjacent to an activating group) is 1. The van der Waals surface area contributed by atoms with Crippen LogP contribution in [0.25, 0.3) is 0 Å². The first-order valence-electron chi connectivity index (χ1n) is 7.01. The summed E-state index contributed by atoms with van der Waals surface area (Å²) < 4.78 is 1.20. The molecule has 1 N–H and O–H groups in total. The molecule has 0 radical (unpaired) electrons. The van der Waals surface area contributed by atoms with E-state index in [4.69, 9.17) is 0 Å². The molecule has 0 aromatic heterocycles. The van der Waals surface area contributed by atoms with Crippen molar-refractivity contribution in [2.45, 2.75) is 39.8 Å². The molecule has 19 heavy (non-hydrogen) atoms. The summed E-state index contributed by atoms with van der Waals surface area (Å²) in [5.41, 5.74) is 2.63. The normalized spacial score (nSPS) is 13.3. The monoisotopic (exact) mass is 326 g/mol. The number of nitrogens with zero attached hydrogens (tertiary/aromatic N) is 1. The molecule has 1 atom stereocenters. The van der Waals surface area contributed by atoms with Crippen molar-refractivity contribution >= 4 is 15.9 Å². The summed E-state index contributed by atoms with van der Waals surface area (Å²) in [6.07, 6.45) is 1.21. The van der Waals surface area contributed by atoms with Crippen LogP contribution in [0.4, 0.5) is 0 Å². The Bertz CT molecular complexity index is 378. The van der Waals surface area contributed by atoms with E-state index in [1.165, 1.54) is 22.0 Å². The van der Waals surface area contributed by atoms with E-state index >= 15 is 0 Å². The fourth-order valence-electron chi connectivity index (χ4n) is 2.28. The second-order valence-electron chi connectivity index (χ2n) is 6.06. The van der Waals surface area contributed by atoms with Gasteiger partial charge >= 0.3 is 0 Å². The van der Waals surface area contributed by atoms with Gasteiger partial charge in [-0.3, -0.25) is 0 Å². The van der Waals surface area contributed by atoms with Crippen LogP contribution in [0.15, 0.2) is 22.7 Å². The van der Waals surface area contributed by atoms with Crippen LogP contribution < -0.4 is 5.32 Å². The van der Waals surface area contributed by atoms with Gasteiger partial charge in [0.2, 0.25) is 0 Å². The molecule has 0 amide bonds. The molecule has 0 fully saturated rings. The second-order valence-corrected chi connectivity index (χ2v) is 6.92. The fourth-order valence-corrected chi connectivity index (χ4v) is 2.92. The Kier molecular flexibility index (Phi) is 7.05. The Hall–Kier alpha value is -0.380. The second kappa shape index (κ2) is 8.03. The zero-order valence-corrected chi connectivity index (χ0v) is 14.4. The van der Waals surface area contributed by atoms with Crippen molar-refractivity contribution in [2.24, 2.45) is 5.92 Å². The van der Waals surface area contributed by atoms with Crippen molar-refractivity contribution in [2.75, 3.05) is 20.6 Å². The Morgan fingerprint density at radius 3 is 2.47 bits per heavy atom. The van der Waals surface area contributed by atoms with E-state index in [0.29, 0.717) is 6.04 Å². The third-order valence-corrected chi connectivity index (χ3v) is 3.87. The third kappa shape index (κ3) is 6.55. The highest BCUT2D eigenvalue weighted by atomic mass is 79.9. The van der Waals surface area contributed by atoms with E-state index in [1.807, 2.05) is 0 Å². The third-order valence-electron chi connectivity index (χ3n) is 3.13. The van der Waals surface area contributed by atoms with Gasteiger partial charge in [0.25, 0.3) is 0 Å². The molecule has 1 rings (SSSR count). The molecule has 0 aliphatic rings. The summed E-state index contributed by atoms with van der Waals surface area (Å²) >= 11 is 3.65. The number of hydrogen-bond donors (Lipinski definition) is 1. The summed E-state index contributed by atoms with van der Waals surface area (Å²) in [4.78, 5) is 2.25. The SMILES string of the molecule is Cc1ccc(CNC(CC(C)C)CN(C)C)c(Br)c1. The molecule has 1 aromatic rings. The quantitative estimate of drug-likeness (QED) is 0.819. The molecule has 1 unspecified atom stereocenters. The number of halogens is 1. The van der Waals surface area contributed by atoms with Crippen LogP contribution >= 0.6 is 15.9 Å². The van der Waals surface area contributed by atoms with Crippen LogP contribution in [0.1, 0.15) is 31.4 Å². The summed E-state index contributed by atoms with van der Waals surface area (Å²) in [6, 6.07) is 7.10. The topological polar surface area (TPSA) is 15.3 Å². The van der Waals surface area contributed by atoms with Crippen molar-refractivity contribution in [3.05, 3.63) is 33.8 Å². The largest absolute Gasteiger partial charge is 0.309 e. The van der Waals surface area contributed by atoms with E-state index in [0.717, 1.165) is 19.0 Å². The van der Waals surface area contributed by atoms with Crippen LogP contribution in [0.2, 0.25) is 0 Å². The standard InChI is InChI=1S/C16H27BrN2/c1-12(2)8-15(11-19(4)5)18-10-14-7-6-13(3)9-16(14)17/h6-7,9,12,15,18H,8,10-11H2,1-5H3. The average Bonchev–Trinajstić information content (AvgIpc) is 2.25. The number of rotatable bonds is 7. The van der Waals surface area contributed by atoms with Gasteiger partial charge in [0, 0.05) is 23.6 Å². The highest BCUT2D eigenvalue weighted by Gasteiger charge is 2.12. The van der Waals surface area contributed by atoms with Gasteiger partial charge in [0.1, 0.15) is 0 Å². The first kappa shape index (κ1) is 16.7. The molecule has 2 nitrogen and oxygen atoms in total. The van der Waals surface area contributed by atoms with Crippen molar-refractivity contribution in [1.82, 2.24) is 10.2 Å². The van der Waals surface area contributed by atoms with Crippen LogP contribution in [0.5, 0.6) is 0 Å². The lowest BCUT2D eigenvalue weighted by molar-refractivity contribution is 0.305. The van der Waals surface area contributed by atoms with Crippen LogP contribution in [-0.4, -0.2) is 31.6 Å². The molecule has 1 aromatic carbocycles. The lowest BCUT2D eigenvalue weighted by atomic mass is 10.0. The smallest absolute Gasteiger partial charge is 0.0222 e. The van der Waals surface area contributed by atoms with Crippen LogP contribution in [-0.2, 0) is 6.54 Å². The number of aryl methyl sites for hydroxylation is 1.